The number of rotatable bonds is 4. The molecule has 2 aromatic carbocycles. The molecule has 21 heavy (non-hydrogen) atoms. The molecule has 0 saturated carbocycles. The number of fused-ring (bicyclic) bond motifs is 1. The lowest BCUT2D eigenvalue weighted by Crippen LogP contribution is -1.98. The first kappa shape index (κ1) is 13.4. The molecule has 0 fully saturated rings. The van der Waals surface area contributed by atoms with E-state index in [9.17, 15) is 0 Å². The molecule has 0 bridgehead atoms. The fourth-order valence-corrected chi connectivity index (χ4v) is 2.57. The molecule has 4 nitrogen and oxygen atoms in total. The van der Waals surface area contributed by atoms with Crippen LogP contribution >= 0.6 is 0 Å². The average Bonchev–Trinajstić information content (AvgIpc) is 2.83. The summed E-state index contributed by atoms with van der Waals surface area (Å²) in [5, 5.41) is 1.05. The summed E-state index contributed by atoms with van der Waals surface area (Å²) in [6.07, 6.45) is 2.05. The van der Waals surface area contributed by atoms with Gasteiger partial charge in [-0.2, -0.15) is 0 Å². The highest BCUT2D eigenvalue weighted by Gasteiger charge is 2.11. The molecule has 0 unspecified atom stereocenters. The maximum atomic E-state index is 6.10. The summed E-state index contributed by atoms with van der Waals surface area (Å²) in [6.45, 7) is 0.450. The summed E-state index contributed by atoms with van der Waals surface area (Å²) in [7, 11) is 3.65. The minimum atomic E-state index is 0.450. The van der Waals surface area contributed by atoms with Crippen molar-refractivity contribution in [2.45, 2.75) is 6.61 Å². The van der Waals surface area contributed by atoms with E-state index in [1.165, 1.54) is 0 Å². The zero-order valence-corrected chi connectivity index (χ0v) is 12.2. The number of nitrogens with two attached hydrogens (primary N) is 1. The lowest BCUT2D eigenvalue weighted by molar-refractivity contribution is 0.285. The topological polar surface area (TPSA) is 49.4 Å². The summed E-state index contributed by atoms with van der Waals surface area (Å²) in [6, 6.07) is 13.5. The Morgan fingerprint density at radius 3 is 2.57 bits per heavy atom. The SMILES string of the molecule is COc1ccccc1OCc1cn(C)c2cccc(N)c12. The van der Waals surface area contributed by atoms with Gasteiger partial charge in [0.05, 0.1) is 12.6 Å². The van der Waals surface area contributed by atoms with Gasteiger partial charge < -0.3 is 19.8 Å². The third-order valence-electron chi connectivity index (χ3n) is 3.58. The fraction of sp³-hybridized carbons (Fsp3) is 0.176. The van der Waals surface area contributed by atoms with Gasteiger partial charge in [0, 0.05) is 29.9 Å². The second-order valence-electron chi connectivity index (χ2n) is 4.95. The molecule has 3 aromatic rings. The van der Waals surface area contributed by atoms with Crippen LogP contribution in [0.3, 0.4) is 0 Å². The Labute approximate surface area is 123 Å². The molecule has 0 radical (unpaired) electrons. The predicted octanol–water partition coefficient (Wildman–Crippen LogP) is 3.35. The Morgan fingerprint density at radius 1 is 1.05 bits per heavy atom. The number of hydrogen-bond donors (Lipinski definition) is 1. The predicted molar refractivity (Wildman–Crippen MR) is 84.7 cm³/mol. The van der Waals surface area contributed by atoms with Crippen LogP contribution in [0.25, 0.3) is 10.9 Å². The minimum Gasteiger partial charge on any atom is -0.493 e. The molecule has 1 heterocycles. The van der Waals surface area contributed by atoms with Crippen molar-refractivity contribution in [2.24, 2.45) is 7.05 Å². The van der Waals surface area contributed by atoms with E-state index < -0.39 is 0 Å². The quantitative estimate of drug-likeness (QED) is 0.747. The number of hydrogen-bond acceptors (Lipinski definition) is 3. The summed E-state index contributed by atoms with van der Waals surface area (Å²) in [5.41, 5.74) is 9.04. The molecule has 0 saturated heterocycles. The van der Waals surface area contributed by atoms with Gasteiger partial charge in [-0.3, -0.25) is 0 Å². The van der Waals surface area contributed by atoms with Crippen molar-refractivity contribution in [1.82, 2.24) is 4.57 Å². The summed E-state index contributed by atoms with van der Waals surface area (Å²) < 4.78 is 13.3. The lowest BCUT2D eigenvalue weighted by Gasteiger charge is -2.10. The van der Waals surface area contributed by atoms with Crippen molar-refractivity contribution in [3.05, 3.63) is 54.2 Å². The third kappa shape index (κ3) is 2.40. The highest BCUT2D eigenvalue weighted by molar-refractivity contribution is 5.94. The van der Waals surface area contributed by atoms with Crippen LogP contribution in [-0.2, 0) is 13.7 Å². The van der Waals surface area contributed by atoms with Crippen molar-refractivity contribution in [3.63, 3.8) is 0 Å². The van der Waals surface area contributed by atoms with Crippen LogP contribution in [0.5, 0.6) is 11.5 Å². The first-order valence-electron chi connectivity index (χ1n) is 6.79. The minimum absolute atomic E-state index is 0.450. The first-order chi connectivity index (χ1) is 10.2. The van der Waals surface area contributed by atoms with Gasteiger partial charge >= 0.3 is 0 Å². The number of methoxy groups -OCH3 is 1. The fourth-order valence-electron chi connectivity index (χ4n) is 2.57. The largest absolute Gasteiger partial charge is 0.493 e. The average molecular weight is 282 g/mol. The molecule has 0 spiro atoms. The Balaban J connectivity index is 1.92. The van der Waals surface area contributed by atoms with E-state index in [2.05, 4.69) is 16.8 Å². The molecular weight excluding hydrogens is 264 g/mol. The number of para-hydroxylation sites is 2. The van der Waals surface area contributed by atoms with E-state index in [0.717, 1.165) is 33.7 Å². The van der Waals surface area contributed by atoms with Crippen LogP contribution < -0.4 is 15.2 Å². The highest BCUT2D eigenvalue weighted by atomic mass is 16.5. The van der Waals surface area contributed by atoms with Gasteiger partial charge in [-0.15, -0.1) is 0 Å². The molecule has 0 aliphatic rings. The van der Waals surface area contributed by atoms with Crippen LogP contribution in [0.15, 0.2) is 48.7 Å². The number of aromatic nitrogens is 1. The number of benzene rings is 2. The molecular formula is C17H18N2O2. The number of nitrogens with zero attached hydrogens (tertiary/aromatic N) is 1. The standard InChI is InChI=1S/C17H18N2O2/c1-19-10-12(17-13(18)6-5-7-14(17)19)11-21-16-9-4-3-8-15(16)20-2/h3-10H,11,18H2,1-2H3. The highest BCUT2D eigenvalue weighted by Crippen LogP contribution is 2.30. The summed E-state index contributed by atoms with van der Waals surface area (Å²) >= 11 is 0. The van der Waals surface area contributed by atoms with Crippen molar-refractivity contribution in [3.8, 4) is 11.5 Å². The molecule has 3 rings (SSSR count). The van der Waals surface area contributed by atoms with Gasteiger partial charge in [-0.25, -0.2) is 0 Å². The van der Waals surface area contributed by atoms with Gasteiger partial charge in [-0.05, 0) is 24.3 Å². The van der Waals surface area contributed by atoms with Gasteiger partial charge in [0.2, 0.25) is 0 Å². The monoisotopic (exact) mass is 282 g/mol. The summed E-state index contributed by atoms with van der Waals surface area (Å²) in [4.78, 5) is 0. The lowest BCUT2D eigenvalue weighted by atomic mass is 10.1. The molecule has 0 aliphatic heterocycles. The van der Waals surface area contributed by atoms with Crippen molar-refractivity contribution in [1.29, 1.82) is 0 Å². The van der Waals surface area contributed by atoms with Crippen molar-refractivity contribution in [2.75, 3.05) is 12.8 Å². The van der Waals surface area contributed by atoms with E-state index in [0.29, 0.717) is 6.61 Å². The number of ether oxygens (including phenoxy) is 2. The Bertz CT molecular complexity index is 778. The van der Waals surface area contributed by atoms with E-state index in [1.807, 2.05) is 43.4 Å². The third-order valence-corrected chi connectivity index (χ3v) is 3.58. The van der Waals surface area contributed by atoms with Gasteiger partial charge in [0.1, 0.15) is 6.61 Å². The number of nitrogen functional groups attached to an aromatic ring is 1. The Kier molecular flexibility index (Phi) is 3.44. The summed E-state index contributed by atoms with van der Waals surface area (Å²) in [5.74, 6) is 1.46. The van der Waals surface area contributed by atoms with E-state index in [-0.39, 0.29) is 0 Å². The molecule has 4 heteroatoms. The van der Waals surface area contributed by atoms with Crippen molar-refractivity contribution >= 4 is 16.6 Å². The Morgan fingerprint density at radius 2 is 1.81 bits per heavy atom. The number of anilines is 1. The molecule has 0 atom stereocenters. The molecule has 0 amide bonds. The van der Waals surface area contributed by atoms with E-state index in [4.69, 9.17) is 15.2 Å². The Hall–Kier alpha value is -2.62. The molecule has 1 aromatic heterocycles. The molecule has 0 aliphatic carbocycles. The number of aryl methyl sites for hydroxylation is 1. The zero-order chi connectivity index (χ0) is 14.8. The normalized spacial score (nSPS) is 10.8. The van der Waals surface area contributed by atoms with Crippen molar-refractivity contribution < 1.29 is 9.47 Å². The van der Waals surface area contributed by atoms with Crippen LogP contribution in [0.1, 0.15) is 5.56 Å². The maximum Gasteiger partial charge on any atom is 0.161 e. The second-order valence-corrected chi connectivity index (χ2v) is 4.95. The van der Waals surface area contributed by atoms with Gasteiger partial charge in [-0.1, -0.05) is 18.2 Å². The van der Waals surface area contributed by atoms with Crippen LogP contribution in [0.2, 0.25) is 0 Å². The molecule has 2 N–H and O–H groups in total. The van der Waals surface area contributed by atoms with E-state index in [1.54, 1.807) is 7.11 Å². The maximum absolute atomic E-state index is 6.10. The van der Waals surface area contributed by atoms with Gasteiger partial charge in [0.25, 0.3) is 0 Å². The zero-order valence-electron chi connectivity index (χ0n) is 12.2. The smallest absolute Gasteiger partial charge is 0.161 e. The first-order valence-corrected chi connectivity index (χ1v) is 6.79. The molecule has 108 valence electrons. The van der Waals surface area contributed by atoms with Gasteiger partial charge in [0.15, 0.2) is 11.5 Å². The van der Waals surface area contributed by atoms with Crippen LogP contribution in [0.4, 0.5) is 5.69 Å². The van der Waals surface area contributed by atoms with Crippen LogP contribution in [-0.4, -0.2) is 11.7 Å². The van der Waals surface area contributed by atoms with Crippen LogP contribution in [0, 0.1) is 0 Å². The second kappa shape index (κ2) is 5.40. The van der Waals surface area contributed by atoms with E-state index >= 15 is 0 Å².